The van der Waals surface area contributed by atoms with E-state index in [-0.39, 0.29) is 0 Å². The second kappa shape index (κ2) is 13.4. The van der Waals surface area contributed by atoms with Crippen molar-refractivity contribution in [2.24, 2.45) is 0 Å². The van der Waals surface area contributed by atoms with Gasteiger partial charge in [-0.1, -0.05) is 85.3 Å². The number of likely N-dealkylation sites (N-methyl/N-ethyl adjacent to an activating group) is 1. The van der Waals surface area contributed by atoms with Gasteiger partial charge in [0.05, 0.1) is 6.04 Å². The molecule has 0 saturated heterocycles. The summed E-state index contributed by atoms with van der Waals surface area (Å²) in [6.45, 7) is 13.1. The average Bonchev–Trinajstić information content (AvgIpc) is 2.84. The molecule has 0 radical (unpaired) electrons. The summed E-state index contributed by atoms with van der Waals surface area (Å²) in [5, 5.41) is 3.69. The van der Waals surface area contributed by atoms with Gasteiger partial charge in [-0.25, -0.2) is 0 Å². The number of nitrogens with zero attached hydrogens (tertiary/aromatic N) is 1. The zero-order chi connectivity index (χ0) is 22.6. The Morgan fingerprint density at radius 2 is 1.53 bits per heavy atom. The zero-order valence-electron chi connectivity index (χ0n) is 20.3. The van der Waals surface area contributed by atoms with Crippen molar-refractivity contribution in [3.63, 3.8) is 0 Å². The van der Waals surface area contributed by atoms with Crippen LogP contribution >= 0.6 is 0 Å². The van der Waals surface area contributed by atoms with Gasteiger partial charge in [0.25, 0.3) is 0 Å². The van der Waals surface area contributed by atoms with E-state index < -0.39 is 0 Å². The molecule has 2 aromatic carbocycles. The van der Waals surface area contributed by atoms with Crippen LogP contribution in [0.4, 0.5) is 0 Å². The van der Waals surface area contributed by atoms with Crippen molar-refractivity contribution in [3.05, 3.63) is 95.1 Å². The molecule has 1 fully saturated rings. The molecule has 0 spiro atoms. The van der Waals surface area contributed by atoms with Crippen LogP contribution in [0.5, 0.6) is 0 Å². The molecule has 0 aromatic heterocycles. The number of hydrogen-bond acceptors (Lipinski definition) is 2. The summed E-state index contributed by atoms with van der Waals surface area (Å²) >= 11 is 0. The van der Waals surface area contributed by atoms with Gasteiger partial charge in [0.2, 0.25) is 0 Å². The van der Waals surface area contributed by atoms with E-state index >= 15 is 0 Å². The van der Waals surface area contributed by atoms with Crippen LogP contribution in [0.15, 0.2) is 84.0 Å². The van der Waals surface area contributed by atoms with Crippen LogP contribution in [-0.4, -0.2) is 31.1 Å². The molecule has 1 aliphatic rings. The van der Waals surface area contributed by atoms with Gasteiger partial charge < -0.3 is 5.32 Å². The third kappa shape index (κ3) is 7.18. The van der Waals surface area contributed by atoms with Crippen molar-refractivity contribution < 1.29 is 0 Å². The second-order valence-electron chi connectivity index (χ2n) is 9.13. The van der Waals surface area contributed by atoms with Crippen molar-refractivity contribution in [1.82, 2.24) is 10.2 Å². The Morgan fingerprint density at radius 3 is 2.12 bits per heavy atom. The minimum absolute atomic E-state index is 0.307. The molecule has 2 nitrogen and oxygen atoms in total. The van der Waals surface area contributed by atoms with Crippen molar-refractivity contribution in [2.75, 3.05) is 26.2 Å². The fraction of sp³-hybridized carbons (Fsp3) is 0.467. The average molecular weight is 431 g/mol. The molecule has 1 saturated carbocycles. The molecule has 0 amide bonds. The fourth-order valence-electron chi connectivity index (χ4n) is 4.98. The number of allylic oxidation sites excluding steroid dienone is 3. The van der Waals surface area contributed by atoms with Crippen LogP contribution in [0.2, 0.25) is 0 Å². The number of hydrogen-bond donors (Lipinski definition) is 1. The van der Waals surface area contributed by atoms with E-state index in [0.717, 1.165) is 26.2 Å². The maximum absolute atomic E-state index is 4.29. The lowest BCUT2D eigenvalue weighted by molar-refractivity contribution is 0.237. The molecule has 172 valence electrons. The third-order valence-corrected chi connectivity index (χ3v) is 6.83. The van der Waals surface area contributed by atoms with Crippen LogP contribution in [-0.2, 0) is 0 Å². The van der Waals surface area contributed by atoms with Gasteiger partial charge in [-0.3, -0.25) is 4.90 Å². The Bertz CT molecular complexity index is 798. The quantitative estimate of drug-likeness (QED) is 0.355. The molecule has 1 N–H and O–H groups in total. The van der Waals surface area contributed by atoms with Gasteiger partial charge in [-0.15, -0.1) is 0 Å². The molecule has 0 unspecified atom stereocenters. The Balaban J connectivity index is 1.45. The molecular weight excluding hydrogens is 388 g/mol. The summed E-state index contributed by atoms with van der Waals surface area (Å²) in [5.41, 5.74) is 7.30. The standard InChI is InChI=1S/C30H42N2/c1-4-32(30(27-17-7-5-8-18-27)28-19-9-6-10-20-28)24-23-31-22-14-13-16-26(3)29-21-12-11-15-25(29)2/h5-10,17-20,30-31H,2,4,11-16,21-24H2,1,3H3/b29-26+. The molecule has 0 atom stereocenters. The molecule has 1 aliphatic carbocycles. The minimum Gasteiger partial charge on any atom is -0.315 e. The summed E-state index contributed by atoms with van der Waals surface area (Å²) < 4.78 is 0. The van der Waals surface area contributed by atoms with E-state index in [2.05, 4.69) is 91.3 Å². The minimum atomic E-state index is 0.307. The first-order chi connectivity index (χ1) is 15.7. The summed E-state index contributed by atoms with van der Waals surface area (Å²) in [5.74, 6) is 0. The SMILES string of the molecule is C=C1CCCC/C1=C(/C)CCCCNCCN(CC)C(c1ccccc1)c1ccccc1. The number of benzene rings is 2. The lowest BCUT2D eigenvalue weighted by Gasteiger charge is -2.31. The molecule has 0 aliphatic heterocycles. The first-order valence-electron chi connectivity index (χ1n) is 12.6. The lowest BCUT2D eigenvalue weighted by atomic mass is 9.86. The van der Waals surface area contributed by atoms with E-state index in [9.17, 15) is 0 Å². The highest BCUT2D eigenvalue weighted by atomic mass is 15.2. The van der Waals surface area contributed by atoms with E-state index in [1.54, 1.807) is 11.1 Å². The Kier molecular flexibility index (Phi) is 10.3. The molecule has 3 rings (SSSR count). The zero-order valence-corrected chi connectivity index (χ0v) is 20.3. The Labute approximate surface area is 196 Å². The number of nitrogens with one attached hydrogen (secondary N) is 1. The number of unbranched alkanes of at least 4 members (excludes halogenated alkanes) is 1. The first-order valence-corrected chi connectivity index (χ1v) is 12.6. The highest BCUT2D eigenvalue weighted by Crippen LogP contribution is 2.31. The summed E-state index contributed by atoms with van der Waals surface area (Å²) in [4.78, 5) is 2.58. The Morgan fingerprint density at radius 1 is 0.906 bits per heavy atom. The maximum atomic E-state index is 4.29. The molecular formula is C30H42N2. The lowest BCUT2D eigenvalue weighted by Crippen LogP contribution is -2.36. The van der Waals surface area contributed by atoms with Crippen molar-refractivity contribution in [2.45, 2.75) is 64.8 Å². The van der Waals surface area contributed by atoms with Crippen LogP contribution < -0.4 is 5.32 Å². The molecule has 0 bridgehead atoms. The third-order valence-electron chi connectivity index (χ3n) is 6.83. The van der Waals surface area contributed by atoms with Crippen molar-refractivity contribution in [1.29, 1.82) is 0 Å². The largest absolute Gasteiger partial charge is 0.315 e. The monoisotopic (exact) mass is 430 g/mol. The highest BCUT2D eigenvalue weighted by molar-refractivity contribution is 5.34. The van der Waals surface area contributed by atoms with Gasteiger partial charge in [0, 0.05) is 13.1 Å². The van der Waals surface area contributed by atoms with Crippen LogP contribution in [0, 0.1) is 0 Å². The number of rotatable bonds is 12. The fourth-order valence-corrected chi connectivity index (χ4v) is 4.98. The van der Waals surface area contributed by atoms with Crippen LogP contribution in [0.1, 0.15) is 76.0 Å². The summed E-state index contributed by atoms with van der Waals surface area (Å²) in [6.07, 6.45) is 8.85. The normalized spacial score (nSPS) is 16.1. The first kappa shape index (κ1) is 24.5. The van der Waals surface area contributed by atoms with E-state index in [1.165, 1.54) is 61.6 Å². The van der Waals surface area contributed by atoms with Crippen LogP contribution in [0.25, 0.3) is 0 Å². The summed E-state index contributed by atoms with van der Waals surface area (Å²) in [6, 6.07) is 22.1. The smallest absolute Gasteiger partial charge is 0.0602 e. The van der Waals surface area contributed by atoms with Gasteiger partial charge in [0.15, 0.2) is 0 Å². The predicted molar refractivity (Wildman–Crippen MR) is 139 cm³/mol. The van der Waals surface area contributed by atoms with Crippen molar-refractivity contribution >= 4 is 0 Å². The highest BCUT2D eigenvalue weighted by Gasteiger charge is 2.20. The Hall–Kier alpha value is -2.16. The van der Waals surface area contributed by atoms with E-state index in [0.29, 0.717) is 6.04 Å². The molecule has 0 heterocycles. The van der Waals surface area contributed by atoms with Crippen LogP contribution in [0.3, 0.4) is 0 Å². The maximum Gasteiger partial charge on any atom is 0.0602 e. The molecule has 2 heteroatoms. The van der Waals surface area contributed by atoms with E-state index in [1.807, 2.05) is 0 Å². The second-order valence-corrected chi connectivity index (χ2v) is 9.13. The van der Waals surface area contributed by atoms with Gasteiger partial charge in [-0.05, 0) is 81.7 Å². The molecule has 32 heavy (non-hydrogen) atoms. The topological polar surface area (TPSA) is 15.3 Å². The van der Waals surface area contributed by atoms with Gasteiger partial charge >= 0.3 is 0 Å². The molecule has 2 aromatic rings. The van der Waals surface area contributed by atoms with Gasteiger partial charge in [0.1, 0.15) is 0 Å². The van der Waals surface area contributed by atoms with E-state index in [4.69, 9.17) is 0 Å². The summed E-state index contributed by atoms with van der Waals surface area (Å²) in [7, 11) is 0. The van der Waals surface area contributed by atoms with Gasteiger partial charge in [-0.2, -0.15) is 0 Å². The van der Waals surface area contributed by atoms with Crippen molar-refractivity contribution in [3.8, 4) is 0 Å². The predicted octanol–water partition coefficient (Wildman–Crippen LogP) is 7.30.